The lowest BCUT2D eigenvalue weighted by Crippen LogP contribution is -2.39. The first-order chi connectivity index (χ1) is 5.57. The Morgan fingerprint density at radius 1 is 1.42 bits per heavy atom. The van der Waals surface area contributed by atoms with E-state index in [1.165, 1.54) is 0 Å². The average Bonchev–Trinajstić information content (AvgIpc) is 2.01. The zero-order valence-corrected chi connectivity index (χ0v) is 8.10. The van der Waals surface area contributed by atoms with Crippen molar-refractivity contribution in [3.63, 3.8) is 0 Å². The van der Waals surface area contributed by atoms with Crippen LogP contribution in [0.5, 0.6) is 0 Å². The Balaban J connectivity index is 2.79. The van der Waals surface area contributed by atoms with E-state index in [4.69, 9.17) is 11.6 Å². The molecule has 68 valence electrons. The summed E-state index contributed by atoms with van der Waals surface area (Å²) < 4.78 is 0. The van der Waals surface area contributed by atoms with Gasteiger partial charge >= 0.3 is 0 Å². The largest absolute Gasteiger partial charge is 0.299 e. The van der Waals surface area contributed by atoms with Crippen LogP contribution >= 0.6 is 11.6 Å². The van der Waals surface area contributed by atoms with Crippen molar-refractivity contribution in [3.05, 3.63) is 0 Å². The van der Waals surface area contributed by atoms with Crippen LogP contribution < -0.4 is 0 Å². The van der Waals surface area contributed by atoms with Gasteiger partial charge in [-0.05, 0) is 12.8 Å². The third-order valence-electron chi connectivity index (χ3n) is 2.65. The van der Waals surface area contributed by atoms with Gasteiger partial charge < -0.3 is 0 Å². The molecule has 3 unspecified atom stereocenters. The molecule has 12 heavy (non-hydrogen) atoms. The van der Waals surface area contributed by atoms with E-state index in [0.29, 0.717) is 12.3 Å². The van der Waals surface area contributed by atoms with Gasteiger partial charge in [-0.15, -0.1) is 11.6 Å². The van der Waals surface area contributed by atoms with Crippen LogP contribution in [0.15, 0.2) is 0 Å². The molecular weight excluding hydrogens is 176 g/mol. The smallest absolute Gasteiger partial charge is 0.147 e. The van der Waals surface area contributed by atoms with Crippen LogP contribution in [0.3, 0.4) is 0 Å². The van der Waals surface area contributed by atoms with Gasteiger partial charge in [-0.3, -0.25) is 9.59 Å². The van der Waals surface area contributed by atoms with E-state index in [1.807, 2.05) is 6.92 Å². The minimum Gasteiger partial charge on any atom is -0.299 e. The predicted molar refractivity (Wildman–Crippen MR) is 47.2 cm³/mol. The monoisotopic (exact) mass is 188 g/mol. The van der Waals surface area contributed by atoms with Crippen LogP contribution in [0.4, 0.5) is 0 Å². The normalized spacial score (nSPS) is 37.1. The molecule has 1 aliphatic carbocycles. The standard InChI is InChI=1S/C9H13ClO2/c1-5-3-8(11)6(2)9(12)7(5)4-10/h5-7H,3-4H2,1-2H3. The molecule has 0 heterocycles. The molecule has 1 rings (SSSR count). The summed E-state index contributed by atoms with van der Waals surface area (Å²) in [5, 5.41) is 0. The second-order valence-electron chi connectivity index (χ2n) is 3.53. The zero-order valence-electron chi connectivity index (χ0n) is 7.34. The van der Waals surface area contributed by atoms with E-state index >= 15 is 0 Å². The van der Waals surface area contributed by atoms with Crippen molar-refractivity contribution in [2.75, 3.05) is 5.88 Å². The van der Waals surface area contributed by atoms with Crippen LogP contribution in [0.2, 0.25) is 0 Å². The number of carbonyl (C=O) groups is 2. The van der Waals surface area contributed by atoms with Crippen LogP contribution in [0, 0.1) is 17.8 Å². The molecule has 2 nitrogen and oxygen atoms in total. The van der Waals surface area contributed by atoms with Gasteiger partial charge in [-0.1, -0.05) is 6.92 Å². The number of alkyl halides is 1. The Labute approximate surface area is 77.3 Å². The van der Waals surface area contributed by atoms with E-state index in [2.05, 4.69) is 0 Å². The lowest BCUT2D eigenvalue weighted by Gasteiger charge is -2.28. The molecule has 0 aromatic heterocycles. The number of ketones is 2. The van der Waals surface area contributed by atoms with E-state index in [9.17, 15) is 9.59 Å². The highest BCUT2D eigenvalue weighted by Crippen LogP contribution is 2.28. The van der Waals surface area contributed by atoms with Gasteiger partial charge in [0, 0.05) is 18.2 Å². The molecule has 0 aliphatic heterocycles. The lowest BCUT2D eigenvalue weighted by atomic mass is 9.75. The number of hydrogen-bond acceptors (Lipinski definition) is 2. The highest BCUT2D eigenvalue weighted by Gasteiger charge is 2.37. The highest BCUT2D eigenvalue weighted by molar-refractivity contribution is 6.20. The van der Waals surface area contributed by atoms with Crippen molar-refractivity contribution >= 4 is 23.2 Å². The maximum absolute atomic E-state index is 11.5. The van der Waals surface area contributed by atoms with Crippen LogP contribution in [-0.2, 0) is 9.59 Å². The molecule has 0 aromatic carbocycles. The molecule has 1 fully saturated rings. The second kappa shape index (κ2) is 3.56. The van der Waals surface area contributed by atoms with E-state index in [-0.39, 0.29) is 23.4 Å². The van der Waals surface area contributed by atoms with Crippen molar-refractivity contribution < 1.29 is 9.59 Å². The molecular formula is C9H13ClO2. The Hall–Kier alpha value is -0.370. The van der Waals surface area contributed by atoms with Gasteiger partial charge in [0.25, 0.3) is 0 Å². The molecule has 0 radical (unpaired) electrons. The van der Waals surface area contributed by atoms with Gasteiger partial charge in [0.2, 0.25) is 0 Å². The maximum atomic E-state index is 11.5. The van der Waals surface area contributed by atoms with Crippen molar-refractivity contribution in [1.29, 1.82) is 0 Å². The fourth-order valence-corrected chi connectivity index (χ4v) is 2.08. The Morgan fingerprint density at radius 2 is 2.00 bits per heavy atom. The molecule has 0 amide bonds. The summed E-state index contributed by atoms with van der Waals surface area (Å²) in [5.41, 5.74) is 0. The van der Waals surface area contributed by atoms with Crippen molar-refractivity contribution in [1.82, 2.24) is 0 Å². The molecule has 0 aromatic rings. The molecule has 0 bridgehead atoms. The number of Topliss-reactive ketones (excluding diaryl/α,β-unsaturated/α-hetero) is 2. The SMILES string of the molecule is CC1C(=O)CC(C)C(CCl)C1=O. The number of carbonyl (C=O) groups excluding carboxylic acids is 2. The Kier molecular flexibility index (Phi) is 2.89. The van der Waals surface area contributed by atoms with Crippen LogP contribution in [0.25, 0.3) is 0 Å². The van der Waals surface area contributed by atoms with Crippen LogP contribution in [0.1, 0.15) is 20.3 Å². The first-order valence-electron chi connectivity index (χ1n) is 4.20. The van der Waals surface area contributed by atoms with E-state index in [1.54, 1.807) is 6.92 Å². The van der Waals surface area contributed by atoms with E-state index in [0.717, 1.165) is 0 Å². The number of halogens is 1. The molecule has 1 aliphatic rings. The zero-order chi connectivity index (χ0) is 9.30. The summed E-state index contributed by atoms with van der Waals surface area (Å²) in [6, 6.07) is 0. The molecule has 3 atom stereocenters. The average molecular weight is 189 g/mol. The fraction of sp³-hybridized carbons (Fsp3) is 0.778. The molecule has 3 heteroatoms. The molecule has 1 saturated carbocycles. The number of rotatable bonds is 1. The quantitative estimate of drug-likeness (QED) is 0.463. The first kappa shape index (κ1) is 9.72. The van der Waals surface area contributed by atoms with Gasteiger partial charge in [-0.2, -0.15) is 0 Å². The van der Waals surface area contributed by atoms with Crippen LogP contribution in [-0.4, -0.2) is 17.4 Å². The Morgan fingerprint density at radius 3 is 2.50 bits per heavy atom. The fourth-order valence-electron chi connectivity index (χ4n) is 1.62. The first-order valence-corrected chi connectivity index (χ1v) is 4.73. The van der Waals surface area contributed by atoms with Crippen molar-refractivity contribution in [3.8, 4) is 0 Å². The lowest BCUT2D eigenvalue weighted by molar-refractivity contribution is -0.139. The summed E-state index contributed by atoms with van der Waals surface area (Å²) in [6.07, 6.45) is 0.504. The minimum absolute atomic E-state index is 0.0220. The number of hydrogen-bond donors (Lipinski definition) is 0. The summed E-state index contributed by atoms with van der Waals surface area (Å²) in [6.45, 7) is 3.59. The molecule has 0 N–H and O–H groups in total. The van der Waals surface area contributed by atoms with E-state index < -0.39 is 5.92 Å². The maximum Gasteiger partial charge on any atom is 0.147 e. The predicted octanol–water partition coefficient (Wildman–Crippen LogP) is 1.66. The van der Waals surface area contributed by atoms with Crippen molar-refractivity contribution in [2.24, 2.45) is 17.8 Å². The summed E-state index contributed by atoms with van der Waals surface area (Å²) in [4.78, 5) is 22.7. The minimum atomic E-state index is -0.426. The van der Waals surface area contributed by atoms with Gasteiger partial charge in [0.05, 0.1) is 5.92 Å². The second-order valence-corrected chi connectivity index (χ2v) is 3.84. The summed E-state index contributed by atoms with van der Waals surface area (Å²) >= 11 is 5.65. The third kappa shape index (κ3) is 1.53. The summed E-state index contributed by atoms with van der Waals surface area (Å²) in [7, 11) is 0. The van der Waals surface area contributed by atoms with Gasteiger partial charge in [0.1, 0.15) is 11.6 Å². The topological polar surface area (TPSA) is 34.1 Å². The summed E-state index contributed by atoms with van der Waals surface area (Å²) in [5.74, 6) is 0.0167. The Bertz CT molecular complexity index is 213. The van der Waals surface area contributed by atoms with Gasteiger partial charge in [0.15, 0.2) is 0 Å². The van der Waals surface area contributed by atoms with Crippen molar-refractivity contribution in [2.45, 2.75) is 20.3 Å². The third-order valence-corrected chi connectivity index (χ3v) is 2.98. The molecule has 0 saturated heterocycles. The highest BCUT2D eigenvalue weighted by atomic mass is 35.5. The molecule has 0 spiro atoms. The van der Waals surface area contributed by atoms with Gasteiger partial charge in [-0.25, -0.2) is 0 Å².